The summed E-state index contributed by atoms with van der Waals surface area (Å²) in [5, 5.41) is 0. The number of pyridine rings is 2. The van der Waals surface area contributed by atoms with Crippen molar-refractivity contribution < 1.29 is 13.9 Å². The van der Waals surface area contributed by atoms with E-state index in [4.69, 9.17) is 0 Å². The van der Waals surface area contributed by atoms with Gasteiger partial charge in [0.2, 0.25) is 0 Å². The number of hydrogen-bond donors (Lipinski definition) is 0. The molecule has 0 amide bonds. The maximum absolute atomic E-state index is 10.5. The minimum atomic E-state index is 0.544. The first kappa shape index (κ1) is 21.4. The highest BCUT2D eigenvalue weighted by Crippen LogP contribution is 2.20. The van der Waals surface area contributed by atoms with Crippen molar-refractivity contribution in [3.8, 4) is 0 Å². The maximum Gasteiger partial charge on any atom is 0.169 e. The summed E-state index contributed by atoms with van der Waals surface area (Å²) >= 11 is 0. The van der Waals surface area contributed by atoms with Crippen molar-refractivity contribution in [2.24, 2.45) is 0 Å². The molecule has 30 heavy (non-hydrogen) atoms. The fourth-order valence-electron chi connectivity index (χ4n) is 3.31. The van der Waals surface area contributed by atoms with E-state index in [0.717, 1.165) is 24.9 Å². The summed E-state index contributed by atoms with van der Waals surface area (Å²) < 4.78 is 4.18. The third kappa shape index (κ3) is 5.84. The van der Waals surface area contributed by atoms with Crippen LogP contribution in [0.4, 0.5) is 0 Å². The van der Waals surface area contributed by atoms with Gasteiger partial charge in [0.1, 0.15) is 12.8 Å². The van der Waals surface area contributed by atoms with Crippen LogP contribution in [0, 0.1) is 13.8 Å². The van der Waals surface area contributed by atoms with Crippen LogP contribution in [-0.4, -0.2) is 6.29 Å². The van der Waals surface area contributed by atoms with E-state index in [-0.39, 0.29) is 0 Å². The summed E-state index contributed by atoms with van der Waals surface area (Å²) in [7, 11) is 0. The monoisotopic (exact) mass is 398 g/mol. The summed E-state index contributed by atoms with van der Waals surface area (Å²) in [5.41, 5.74) is 7.34. The summed E-state index contributed by atoms with van der Waals surface area (Å²) in [6, 6.07) is 12.9. The number of aldehydes is 1. The Kier molecular flexibility index (Phi) is 7.45. The number of aryl methyl sites for hydroxylation is 4. The molecule has 2 aromatic heterocycles. The highest BCUT2D eigenvalue weighted by molar-refractivity contribution is 5.75. The number of hydrogen-bond acceptors (Lipinski definition) is 1. The molecule has 3 nitrogen and oxygen atoms in total. The van der Waals surface area contributed by atoms with Gasteiger partial charge in [-0.05, 0) is 54.2 Å². The average Bonchev–Trinajstić information content (AvgIpc) is 2.78. The van der Waals surface area contributed by atoms with Gasteiger partial charge in [0, 0.05) is 24.3 Å². The minimum Gasteiger partial charge on any atom is -0.303 e. The van der Waals surface area contributed by atoms with Crippen LogP contribution < -0.4 is 9.13 Å². The van der Waals surface area contributed by atoms with Gasteiger partial charge in [0.15, 0.2) is 31.3 Å². The van der Waals surface area contributed by atoms with Gasteiger partial charge in [-0.1, -0.05) is 36.4 Å². The molecule has 0 atom stereocenters. The predicted octanol–water partition coefficient (Wildman–Crippen LogP) is 4.83. The SMILES string of the molecule is CC[n+]1ccc(/C=C/c2cc(C)c(/C=C/c3cc[n+](CCC=O)cc3)cc2C)cc1. The Morgan fingerprint density at radius 3 is 1.63 bits per heavy atom. The molecule has 0 saturated carbocycles. The second kappa shape index (κ2) is 10.4. The Bertz CT molecular complexity index is 1050. The maximum atomic E-state index is 10.5. The van der Waals surface area contributed by atoms with Crippen LogP contribution in [0.15, 0.2) is 61.2 Å². The Balaban J connectivity index is 1.72. The molecule has 3 aromatic rings. The molecule has 0 bridgehead atoms. The van der Waals surface area contributed by atoms with Crippen LogP contribution >= 0.6 is 0 Å². The molecule has 2 heterocycles. The molecule has 0 aliphatic rings. The van der Waals surface area contributed by atoms with Gasteiger partial charge in [0.25, 0.3) is 0 Å². The number of carbonyl (C=O) groups excluding carboxylic acids is 1. The lowest BCUT2D eigenvalue weighted by atomic mass is 9.98. The molecule has 0 radical (unpaired) electrons. The Morgan fingerprint density at radius 2 is 1.20 bits per heavy atom. The molecule has 3 heteroatoms. The van der Waals surface area contributed by atoms with Gasteiger partial charge < -0.3 is 4.79 Å². The highest BCUT2D eigenvalue weighted by atomic mass is 16.1. The summed E-state index contributed by atoms with van der Waals surface area (Å²) in [4.78, 5) is 10.5. The number of aromatic nitrogens is 2. The number of benzene rings is 1. The summed E-state index contributed by atoms with van der Waals surface area (Å²) in [5.74, 6) is 0. The first-order valence-electron chi connectivity index (χ1n) is 10.5. The zero-order valence-electron chi connectivity index (χ0n) is 18.1. The van der Waals surface area contributed by atoms with E-state index >= 15 is 0 Å². The minimum absolute atomic E-state index is 0.544. The standard InChI is InChI=1S/C27H30N2O/c1-4-28-15-10-24(11-16-28)6-8-26-20-23(3)27(21-22(26)2)9-7-25-12-17-29(18-13-25)14-5-19-30/h6-13,15-21H,4-5,14H2,1-3H3/q+2/b8-6+,9-7+. The van der Waals surface area contributed by atoms with Gasteiger partial charge in [0.05, 0.1) is 6.42 Å². The van der Waals surface area contributed by atoms with E-state index < -0.39 is 0 Å². The molecule has 0 unspecified atom stereocenters. The molecule has 0 N–H and O–H groups in total. The van der Waals surface area contributed by atoms with Crippen molar-refractivity contribution >= 4 is 30.6 Å². The Morgan fingerprint density at radius 1 is 0.733 bits per heavy atom. The third-order valence-corrected chi connectivity index (χ3v) is 5.27. The van der Waals surface area contributed by atoms with Crippen LogP contribution in [0.1, 0.15) is 46.7 Å². The summed E-state index contributed by atoms with van der Waals surface area (Å²) in [6.45, 7) is 8.16. The first-order valence-corrected chi connectivity index (χ1v) is 10.5. The predicted molar refractivity (Wildman–Crippen MR) is 123 cm³/mol. The summed E-state index contributed by atoms with van der Waals surface area (Å²) in [6.07, 6.45) is 18.4. The number of rotatable bonds is 8. The van der Waals surface area contributed by atoms with Crippen LogP contribution in [-0.2, 0) is 17.9 Å². The zero-order valence-corrected chi connectivity index (χ0v) is 18.1. The van der Waals surface area contributed by atoms with Crippen LogP contribution in [0.25, 0.3) is 24.3 Å². The normalized spacial score (nSPS) is 11.4. The number of nitrogens with zero attached hydrogens (tertiary/aromatic N) is 2. The van der Waals surface area contributed by atoms with Gasteiger partial charge in [-0.3, -0.25) is 0 Å². The smallest absolute Gasteiger partial charge is 0.169 e. The van der Waals surface area contributed by atoms with Crippen molar-refractivity contribution in [3.05, 3.63) is 94.6 Å². The highest BCUT2D eigenvalue weighted by Gasteiger charge is 2.03. The fraction of sp³-hybridized carbons (Fsp3) is 0.222. The van der Waals surface area contributed by atoms with E-state index in [1.807, 2.05) is 17.0 Å². The second-order valence-corrected chi connectivity index (χ2v) is 7.52. The van der Waals surface area contributed by atoms with Crippen LogP contribution in [0.2, 0.25) is 0 Å². The molecule has 1 aromatic carbocycles. The third-order valence-electron chi connectivity index (χ3n) is 5.27. The molecule has 0 fully saturated rings. The van der Waals surface area contributed by atoms with E-state index in [2.05, 4.69) is 98.4 Å². The molecule has 3 rings (SSSR count). The van der Waals surface area contributed by atoms with E-state index in [9.17, 15) is 4.79 Å². The van der Waals surface area contributed by atoms with Crippen molar-refractivity contribution in [1.82, 2.24) is 0 Å². The molecule has 0 aliphatic heterocycles. The zero-order chi connectivity index (χ0) is 21.3. The van der Waals surface area contributed by atoms with Crippen LogP contribution in [0.3, 0.4) is 0 Å². The molecular formula is C27H30N2O+2. The lowest BCUT2D eigenvalue weighted by Gasteiger charge is -2.07. The molecule has 152 valence electrons. The van der Waals surface area contributed by atoms with Crippen molar-refractivity contribution in [2.45, 2.75) is 40.3 Å². The van der Waals surface area contributed by atoms with E-state index in [1.165, 1.54) is 27.8 Å². The van der Waals surface area contributed by atoms with Gasteiger partial charge in [-0.25, -0.2) is 9.13 Å². The Hall–Kier alpha value is -3.33. The van der Waals surface area contributed by atoms with Crippen molar-refractivity contribution in [2.75, 3.05) is 0 Å². The molecule has 0 saturated heterocycles. The van der Waals surface area contributed by atoms with E-state index in [0.29, 0.717) is 6.42 Å². The number of carbonyl (C=O) groups is 1. The van der Waals surface area contributed by atoms with Crippen LogP contribution in [0.5, 0.6) is 0 Å². The Labute approximate surface area is 179 Å². The second-order valence-electron chi connectivity index (χ2n) is 7.52. The van der Waals surface area contributed by atoms with Gasteiger partial charge >= 0.3 is 0 Å². The fourth-order valence-corrected chi connectivity index (χ4v) is 3.31. The van der Waals surface area contributed by atoms with E-state index in [1.54, 1.807) is 0 Å². The molecular weight excluding hydrogens is 368 g/mol. The topological polar surface area (TPSA) is 24.8 Å². The quantitative estimate of drug-likeness (QED) is 0.394. The van der Waals surface area contributed by atoms with Gasteiger partial charge in [-0.2, -0.15) is 0 Å². The van der Waals surface area contributed by atoms with Crippen molar-refractivity contribution in [3.63, 3.8) is 0 Å². The average molecular weight is 399 g/mol. The molecule has 0 spiro atoms. The van der Waals surface area contributed by atoms with Gasteiger partial charge in [-0.15, -0.1) is 0 Å². The van der Waals surface area contributed by atoms with Crippen molar-refractivity contribution in [1.29, 1.82) is 0 Å². The molecule has 0 aliphatic carbocycles. The lowest BCUT2D eigenvalue weighted by molar-refractivity contribution is -0.695. The first-order chi connectivity index (χ1) is 14.6. The lowest BCUT2D eigenvalue weighted by Crippen LogP contribution is -2.32. The largest absolute Gasteiger partial charge is 0.303 e.